The molecule has 0 saturated heterocycles. The number of rotatable bonds is 2. The first-order valence-corrected chi connectivity index (χ1v) is 4.76. The van der Waals surface area contributed by atoms with Gasteiger partial charge in [0.05, 0.1) is 5.69 Å². The number of nitrogens with zero attached hydrogens (tertiary/aromatic N) is 1. The Morgan fingerprint density at radius 2 is 2.25 bits per heavy atom. The molecule has 1 atom stereocenters. The molecule has 1 aromatic rings. The van der Waals surface area contributed by atoms with Crippen molar-refractivity contribution in [2.45, 2.75) is 26.2 Å². The molecule has 0 fully saturated rings. The van der Waals surface area contributed by atoms with E-state index in [4.69, 9.17) is 0 Å². The van der Waals surface area contributed by atoms with Crippen molar-refractivity contribution < 1.29 is 4.39 Å². The third-order valence-electron chi connectivity index (χ3n) is 1.92. The molecule has 1 rings (SSSR count). The van der Waals surface area contributed by atoms with Gasteiger partial charge >= 0.3 is 0 Å². The second-order valence-corrected chi connectivity index (χ2v) is 3.62. The molecule has 1 heterocycles. The van der Waals surface area contributed by atoms with E-state index in [0.717, 1.165) is 6.42 Å². The summed E-state index contributed by atoms with van der Waals surface area (Å²) in [7, 11) is 0. The molecule has 12 heavy (non-hydrogen) atoms. The molecule has 0 aromatic carbocycles. The Balaban J connectivity index is 3.04. The number of hydrogen-bond acceptors (Lipinski definition) is 1. The smallest absolute Gasteiger partial charge is 0.145 e. The maximum atomic E-state index is 13.1. The molecule has 3 heteroatoms. The van der Waals surface area contributed by atoms with E-state index in [1.54, 1.807) is 6.07 Å². The lowest BCUT2D eigenvalue weighted by atomic mass is 10.0. The van der Waals surface area contributed by atoms with Crippen molar-refractivity contribution >= 4 is 15.9 Å². The van der Waals surface area contributed by atoms with Crippen LogP contribution >= 0.6 is 15.9 Å². The highest BCUT2D eigenvalue weighted by Crippen LogP contribution is 2.21. The minimum atomic E-state index is -0.215. The molecule has 0 aliphatic carbocycles. The summed E-state index contributed by atoms with van der Waals surface area (Å²) in [5.74, 6) is -0.0324. The van der Waals surface area contributed by atoms with Crippen LogP contribution in [0.25, 0.3) is 0 Å². The van der Waals surface area contributed by atoms with Crippen LogP contribution in [-0.2, 0) is 0 Å². The van der Waals surface area contributed by atoms with Crippen molar-refractivity contribution in [3.05, 3.63) is 28.2 Å². The number of halogens is 2. The number of pyridine rings is 1. The van der Waals surface area contributed by atoms with E-state index in [1.807, 2.05) is 13.8 Å². The summed E-state index contributed by atoms with van der Waals surface area (Å²) in [6, 6.07) is 3.06. The molecule has 0 aliphatic heterocycles. The summed E-state index contributed by atoms with van der Waals surface area (Å²) in [6.45, 7) is 3.99. The van der Waals surface area contributed by atoms with E-state index in [9.17, 15) is 4.39 Å². The third kappa shape index (κ3) is 2.03. The molecule has 1 aromatic heterocycles. The van der Waals surface area contributed by atoms with Crippen LogP contribution in [0.3, 0.4) is 0 Å². The molecule has 0 radical (unpaired) electrons. The zero-order valence-electron chi connectivity index (χ0n) is 7.14. The molecule has 0 bridgehead atoms. The Bertz CT molecular complexity index is 275. The molecule has 1 nitrogen and oxygen atoms in total. The predicted octanol–water partition coefficient (Wildman–Crippen LogP) is 3.50. The van der Waals surface area contributed by atoms with Crippen molar-refractivity contribution in [3.8, 4) is 0 Å². The Kier molecular flexibility index (Phi) is 3.20. The second-order valence-electron chi connectivity index (χ2n) is 2.81. The van der Waals surface area contributed by atoms with Crippen LogP contribution in [-0.4, -0.2) is 4.98 Å². The zero-order valence-corrected chi connectivity index (χ0v) is 8.73. The normalized spacial score (nSPS) is 13.0. The fraction of sp³-hybridized carbons (Fsp3) is 0.444. The van der Waals surface area contributed by atoms with Gasteiger partial charge in [-0.3, -0.25) is 0 Å². The zero-order chi connectivity index (χ0) is 9.14. The highest BCUT2D eigenvalue weighted by molar-refractivity contribution is 9.10. The molecule has 66 valence electrons. The van der Waals surface area contributed by atoms with Gasteiger partial charge in [0.15, 0.2) is 0 Å². The van der Waals surface area contributed by atoms with E-state index in [0.29, 0.717) is 10.3 Å². The Morgan fingerprint density at radius 1 is 1.58 bits per heavy atom. The Morgan fingerprint density at radius 3 is 2.83 bits per heavy atom. The van der Waals surface area contributed by atoms with Crippen LogP contribution in [0.15, 0.2) is 16.7 Å². The average molecular weight is 232 g/mol. The summed E-state index contributed by atoms with van der Waals surface area (Å²) in [5, 5.41) is 0. The van der Waals surface area contributed by atoms with Crippen LogP contribution < -0.4 is 0 Å². The molecule has 1 unspecified atom stereocenters. The topological polar surface area (TPSA) is 12.9 Å². The van der Waals surface area contributed by atoms with Crippen molar-refractivity contribution in [1.82, 2.24) is 4.98 Å². The number of hydrogen-bond donors (Lipinski definition) is 0. The summed E-state index contributed by atoms with van der Waals surface area (Å²) in [5.41, 5.74) is 0.548. The van der Waals surface area contributed by atoms with Crippen molar-refractivity contribution in [2.75, 3.05) is 0 Å². The first kappa shape index (κ1) is 9.65. The van der Waals surface area contributed by atoms with E-state index < -0.39 is 0 Å². The van der Waals surface area contributed by atoms with Crippen molar-refractivity contribution in [2.24, 2.45) is 0 Å². The van der Waals surface area contributed by atoms with Gasteiger partial charge in [-0.15, -0.1) is 0 Å². The van der Waals surface area contributed by atoms with Crippen LogP contribution in [0.4, 0.5) is 4.39 Å². The summed E-state index contributed by atoms with van der Waals surface area (Å²) in [4.78, 5) is 4.09. The fourth-order valence-corrected chi connectivity index (χ4v) is 1.30. The van der Waals surface area contributed by atoms with Gasteiger partial charge in [-0.2, -0.15) is 0 Å². The van der Waals surface area contributed by atoms with E-state index in [-0.39, 0.29) is 11.7 Å². The molecule has 0 amide bonds. The van der Waals surface area contributed by atoms with Crippen LogP contribution in [0.2, 0.25) is 0 Å². The summed E-state index contributed by atoms with van der Waals surface area (Å²) in [6.07, 6.45) is 0.903. The first-order valence-electron chi connectivity index (χ1n) is 3.97. The van der Waals surface area contributed by atoms with Crippen molar-refractivity contribution in [3.63, 3.8) is 0 Å². The summed E-state index contributed by atoms with van der Waals surface area (Å²) < 4.78 is 13.8. The fourth-order valence-electron chi connectivity index (χ4n) is 0.972. The molecular formula is C9H11BrFN. The van der Waals surface area contributed by atoms with Gasteiger partial charge in [-0.05, 0) is 34.5 Å². The minimum absolute atomic E-state index is 0.183. The highest BCUT2D eigenvalue weighted by atomic mass is 79.9. The van der Waals surface area contributed by atoms with Crippen LogP contribution in [0.1, 0.15) is 31.9 Å². The maximum absolute atomic E-state index is 13.1. The Hall–Kier alpha value is -0.440. The van der Waals surface area contributed by atoms with Crippen LogP contribution in [0, 0.1) is 5.82 Å². The summed E-state index contributed by atoms with van der Waals surface area (Å²) >= 11 is 3.22. The lowest BCUT2D eigenvalue weighted by Crippen LogP contribution is -1.99. The Labute approximate surface area is 80.1 Å². The largest absolute Gasteiger partial charge is 0.243 e. The highest BCUT2D eigenvalue weighted by Gasteiger charge is 2.10. The maximum Gasteiger partial charge on any atom is 0.145 e. The van der Waals surface area contributed by atoms with Gasteiger partial charge in [-0.25, -0.2) is 9.37 Å². The molecule has 0 spiro atoms. The van der Waals surface area contributed by atoms with E-state index in [2.05, 4.69) is 20.9 Å². The molecule has 0 aliphatic rings. The minimum Gasteiger partial charge on any atom is -0.243 e. The average Bonchev–Trinajstić information content (AvgIpc) is 2.08. The van der Waals surface area contributed by atoms with E-state index in [1.165, 1.54) is 6.07 Å². The van der Waals surface area contributed by atoms with E-state index >= 15 is 0 Å². The standard InChI is InChI=1S/C9H11BrFN/c1-3-6(2)9-7(11)4-5-8(10)12-9/h4-6H,3H2,1-2H3. The molecule has 0 N–H and O–H groups in total. The van der Waals surface area contributed by atoms with Gasteiger partial charge in [0.25, 0.3) is 0 Å². The first-order chi connectivity index (χ1) is 5.65. The van der Waals surface area contributed by atoms with Gasteiger partial charge in [0, 0.05) is 5.92 Å². The van der Waals surface area contributed by atoms with Gasteiger partial charge in [-0.1, -0.05) is 13.8 Å². The second kappa shape index (κ2) is 3.99. The molecule has 0 saturated carbocycles. The van der Waals surface area contributed by atoms with Crippen LogP contribution in [0.5, 0.6) is 0 Å². The van der Waals surface area contributed by atoms with Gasteiger partial charge in [0.2, 0.25) is 0 Å². The predicted molar refractivity (Wildman–Crippen MR) is 50.6 cm³/mol. The lowest BCUT2D eigenvalue weighted by Gasteiger charge is -2.08. The lowest BCUT2D eigenvalue weighted by molar-refractivity contribution is 0.566. The number of aromatic nitrogens is 1. The quantitative estimate of drug-likeness (QED) is 0.711. The third-order valence-corrected chi connectivity index (χ3v) is 2.36. The SMILES string of the molecule is CCC(C)c1nc(Br)ccc1F. The monoisotopic (exact) mass is 231 g/mol. The van der Waals surface area contributed by atoms with Gasteiger partial charge < -0.3 is 0 Å². The van der Waals surface area contributed by atoms with Gasteiger partial charge in [0.1, 0.15) is 10.4 Å². The molecular weight excluding hydrogens is 221 g/mol. The van der Waals surface area contributed by atoms with Crippen molar-refractivity contribution in [1.29, 1.82) is 0 Å².